The second-order valence-corrected chi connectivity index (χ2v) is 4.94. The molecule has 0 aromatic heterocycles. The molecule has 20 heavy (non-hydrogen) atoms. The summed E-state index contributed by atoms with van der Waals surface area (Å²) in [5, 5.41) is 14.1. The Hall–Kier alpha value is -1.62. The molecule has 112 valence electrons. The van der Waals surface area contributed by atoms with Crippen LogP contribution in [0.2, 0.25) is 0 Å². The van der Waals surface area contributed by atoms with Crippen LogP contribution in [0.15, 0.2) is 18.2 Å². The van der Waals surface area contributed by atoms with Crippen molar-refractivity contribution < 1.29 is 9.66 Å². The number of non-ortho nitro benzene ring substituents is 1. The van der Waals surface area contributed by atoms with Crippen molar-refractivity contribution in [2.24, 2.45) is 0 Å². The van der Waals surface area contributed by atoms with Crippen molar-refractivity contribution in [3.8, 4) is 5.75 Å². The van der Waals surface area contributed by atoms with Crippen LogP contribution in [0, 0.1) is 10.1 Å². The highest BCUT2D eigenvalue weighted by atomic mass is 16.6. The Morgan fingerprint density at radius 2 is 2.10 bits per heavy atom. The van der Waals surface area contributed by atoms with Gasteiger partial charge in [-0.3, -0.25) is 10.1 Å². The summed E-state index contributed by atoms with van der Waals surface area (Å²) < 4.78 is 5.89. The zero-order chi connectivity index (χ0) is 15.0. The molecule has 0 saturated heterocycles. The zero-order valence-corrected chi connectivity index (χ0v) is 12.5. The van der Waals surface area contributed by atoms with E-state index in [1.54, 1.807) is 12.1 Å². The third kappa shape index (κ3) is 5.17. The van der Waals surface area contributed by atoms with Crippen LogP contribution in [-0.2, 0) is 6.54 Å². The number of nitrogens with one attached hydrogen (secondary N) is 1. The summed E-state index contributed by atoms with van der Waals surface area (Å²) in [7, 11) is 0. The second-order valence-electron chi connectivity index (χ2n) is 4.94. The van der Waals surface area contributed by atoms with Gasteiger partial charge in [-0.15, -0.1) is 0 Å². The van der Waals surface area contributed by atoms with Gasteiger partial charge in [-0.05, 0) is 32.4 Å². The maximum absolute atomic E-state index is 10.9. The number of hydrogen-bond donors (Lipinski definition) is 1. The van der Waals surface area contributed by atoms with E-state index in [0.29, 0.717) is 6.54 Å². The van der Waals surface area contributed by atoms with E-state index < -0.39 is 0 Å². The predicted molar refractivity (Wildman–Crippen MR) is 80.1 cm³/mol. The fourth-order valence-electron chi connectivity index (χ4n) is 2.01. The van der Waals surface area contributed by atoms with Gasteiger partial charge in [-0.2, -0.15) is 0 Å². The Kier molecular flexibility index (Phi) is 7.01. The first kappa shape index (κ1) is 16.4. The molecule has 0 aliphatic carbocycles. The van der Waals surface area contributed by atoms with Gasteiger partial charge in [0.2, 0.25) is 0 Å². The number of nitro benzene ring substituents is 1. The van der Waals surface area contributed by atoms with Gasteiger partial charge in [0.15, 0.2) is 0 Å². The molecule has 1 N–H and O–H groups in total. The molecule has 0 heterocycles. The topological polar surface area (TPSA) is 64.4 Å². The summed E-state index contributed by atoms with van der Waals surface area (Å²) in [6.07, 6.45) is 3.17. The van der Waals surface area contributed by atoms with Gasteiger partial charge < -0.3 is 10.1 Å². The number of ether oxygens (including phenoxy) is 1. The van der Waals surface area contributed by atoms with Gasteiger partial charge in [-0.25, -0.2) is 0 Å². The number of nitro groups is 1. The van der Waals surface area contributed by atoms with E-state index in [2.05, 4.69) is 19.2 Å². The zero-order valence-electron chi connectivity index (χ0n) is 12.5. The Morgan fingerprint density at radius 1 is 1.35 bits per heavy atom. The van der Waals surface area contributed by atoms with Gasteiger partial charge >= 0.3 is 0 Å². The summed E-state index contributed by atoms with van der Waals surface area (Å²) >= 11 is 0. The van der Waals surface area contributed by atoms with E-state index >= 15 is 0 Å². The van der Waals surface area contributed by atoms with Crippen LogP contribution in [0.1, 0.15) is 45.6 Å². The minimum atomic E-state index is -0.372. The van der Waals surface area contributed by atoms with Gasteiger partial charge in [0.25, 0.3) is 5.69 Å². The SMILES string of the molecule is CCCNCc1cc([N+](=O)[O-])ccc1OC(C)CCC. The summed E-state index contributed by atoms with van der Waals surface area (Å²) in [5.74, 6) is 0.736. The summed E-state index contributed by atoms with van der Waals surface area (Å²) in [4.78, 5) is 10.5. The monoisotopic (exact) mass is 280 g/mol. The lowest BCUT2D eigenvalue weighted by atomic mass is 10.1. The average molecular weight is 280 g/mol. The van der Waals surface area contributed by atoms with Gasteiger partial charge in [-0.1, -0.05) is 20.3 Å². The molecule has 0 amide bonds. The smallest absolute Gasteiger partial charge is 0.270 e. The highest BCUT2D eigenvalue weighted by Crippen LogP contribution is 2.25. The van der Waals surface area contributed by atoms with Crippen LogP contribution in [0.3, 0.4) is 0 Å². The van der Waals surface area contributed by atoms with Crippen molar-refractivity contribution in [3.63, 3.8) is 0 Å². The molecule has 1 aromatic rings. The number of benzene rings is 1. The molecule has 0 spiro atoms. The van der Waals surface area contributed by atoms with Crippen LogP contribution in [0.5, 0.6) is 5.75 Å². The molecule has 1 aromatic carbocycles. The summed E-state index contributed by atoms with van der Waals surface area (Å²) in [6, 6.07) is 4.79. The minimum absolute atomic E-state index is 0.105. The molecule has 5 nitrogen and oxygen atoms in total. The van der Waals surface area contributed by atoms with E-state index in [4.69, 9.17) is 4.74 Å². The fraction of sp³-hybridized carbons (Fsp3) is 0.600. The lowest BCUT2D eigenvalue weighted by Gasteiger charge is -2.17. The van der Waals surface area contributed by atoms with Crippen LogP contribution in [0.25, 0.3) is 0 Å². The summed E-state index contributed by atoms with van der Waals surface area (Å²) in [5.41, 5.74) is 0.949. The minimum Gasteiger partial charge on any atom is -0.490 e. The van der Waals surface area contributed by atoms with Crippen LogP contribution in [-0.4, -0.2) is 17.6 Å². The molecule has 1 atom stereocenters. The molecule has 0 saturated carbocycles. The Bertz CT molecular complexity index is 435. The molecule has 0 fully saturated rings. The van der Waals surface area contributed by atoms with E-state index in [1.165, 1.54) is 6.07 Å². The molecule has 0 bridgehead atoms. The largest absolute Gasteiger partial charge is 0.490 e. The normalized spacial score (nSPS) is 12.2. The third-order valence-electron chi connectivity index (χ3n) is 3.02. The molecular weight excluding hydrogens is 256 g/mol. The first-order valence-corrected chi connectivity index (χ1v) is 7.23. The molecule has 1 rings (SSSR count). The second kappa shape index (κ2) is 8.53. The van der Waals surface area contributed by atoms with Crippen molar-refractivity contribution in [3.05, 3.63) is 33.9 Å². The lowest BCUT2D eigenvalue weighted by Crippen LogP contribution is -2.17. The highest BCUT2D eigenvalue weighted by molar-refractivity contribution is 5.43. The first-order valence-electron chi connectivity index (χ1n) is 7.23. The maximum Gasteiger partial charge on any atom is 0.270 e. The van der Waals surface area contributed by atoms with Crippen molar-refractivity contribution in [2.45, 2.75) is 52.7 Å². The molecule has 1 unspecified atom stereocenters. The van der Waals surface area contributed by atoms with Gasteiger partial charge in [0.05, 0.1) is 11.0 Å². The number of hydrogen-bond acceptors (Lipinski definition) is 4. The average Bonchev–Trinajstić information content (AvgIpc) is 2.40. The van der Waals surface area contributed by atoms with E-state index in [9.17, 15) is 10.1 Å². The molecular formula is C15H24N2O3. The third-order valence-corrected chi connectivity index (χ3v) is 3.02. The first-order chi connectivity index (χ1) is 9.58. The van der Waals surface area contributed by atoms with Gasteiger partial charge in [0.1, 0.15) is 5.75 Å². The standard InChI is InChI=1S/C15H24N2O3/c1-4-6-12(3)20-15-8-7-14(17(18)19)10-13(15)11-16-9-5-2/h7-8,10,12,16H,4-6,9,11H2,1-3H3. The van der Waals surface area contributed by atoms with E-state index in [0.717, 1.165) is 37.1 Å². The number of nitrogens with zero attached hydrogens (tertiary/aromatic N) is 1. The highest BCUT2D eigenvalue weighted by Gasteiger charge is 2.13. The van der Waals surface area contributed by atoms with Crippen molar-refractivity contribution in [1.29, 1.82) is 0 Å². The van der Waals surface area contributed by atoms with E-state index in [-0.39, 0.29) is 16.7 Å². The predicted octanol–water partition coefficient (Wildman–Crippen LogP) is 3.66. The van der Waals surface area contributed by atoms with Crippen LogP contribution >= 0.6 is 0 Å². The Morgan fingerprint density at radius 3 is 2.70 bits per heavy atom. The van der Waals surface area contributed by atoms with Gasteiger partial charge in [0, 0.05) is 24.2 Å². The molecule has 0 aliphatic heterocycles. The Labute approximate surface area is 120 Å². The molecule has 0 radical (unpaired) electrons. The molecule has 0 aliphatic rings. The fourth-order valence-corrected chi connectivity index (χ4v) is 2.01. The maximum atomic E-state index is 10.9. The summed E-state index contributed by atoms with van der Waals surface area (Å²) in [6.45, 7) is 7.69. The number of rotatable bonds is 9. The molecule has 5 heteroatoms. The van der Waals surface area contributed by atoms with E-state index in [1.807, 2.05) is 6.92 Å². The van der Waals surface area contributed by atoms with Crippen LogP contribution in [0.4, 0.5) is 5.69 Å². The quantitative estimate of drug-likeness (QED) is 0.426. The van der Waals surface area contributed by atoms with Crippen molar-refractivity contribution in [2.75, 3.05) is 6.54 Å². The van der Waals surface area contributed by atoms with Crippen molar-refractivity contribution >= 4 is 5.69 Å². The Balaban J connectivity index is 2.87. The lowest BCUT2D eigenvalue weighted by molar-refractivity contribution is -0.384. The van der Waals surface area contributed by atoms with Crippen LogP contribution < -0.4 is 10.1 Å². The van der Waals surface area contributed by atoms with Crippen molar-refractivity contribution in [1.82, 2.24) is 5.32 Å².